The molecule has 6 heteroatoms. The van der Waals surface area contributed by atoms with Crippen molar-refractivity contribution >= 4 is 11.6 Å². The van der Waals surface area contributed by atoms with Crippen LogP contribution in [0.1, 0.15) is 28.8 Å². The van der Waals surface area contributed by atoms with Crippen LogP contribution in [0.25, 0.3) is 0 Å². The number of hydrogen-bond acceptors (Lipinski definition) is 4. The smallest absolute Gasteiger partial charge is 0.269 e. The van der Waals surface area contributed by atoms with Gasteiger partial charge in [-0.15, -0.1) is 0 Å². The zero-order chi connectivity index (χ0) is 17.2. The van der Waals surface area contributed by atoms with Crippen LogP contribution in [0.15, 0.2) is 54.6 Å². The van der Waals surface area contributed by atoms with Crippen molar-refractivity contribution in [1.82, 2.24) is 5.32 Å². The number of non-ortho nitro benzene ring substituents is 1. The highest BCUT2D eigenvalue weighted by Crippen LogP contribution is 2.45. The summed E-state index contributed by atoms with van der Waals surface area (Å²) in [7, 11) is 0. The molecule has 1 aliphatic carbocycles. The summed E-state index contributed by atoms with van der Waals surface area (Å²) >= 11 is 0. The lowest BCUT2D eigenvalue weighted by Gasteiger charge is -2.29. The number of aliphatic hydroxyl groups is 1. The van der Waals surface area contributed by atoms with Crippen molar-refractivity contribution in [3.8, 4) is 0 Å². The van der Waals surface area contributed by atoms with Crippen LogP contribution in [-0.4, -0.2) is 22.5 Å². The second kappa shape index (κ2) is 6.41. The zero-order valence-electron chi connectivity index (χ0n) is 13.0. The maximum atomic E-state index is 12.3. The monoisotopic (exact) mass is 326 g/mol. The Hall–Kier alpha value is -2.73. The maximum Gasteiger partial charge on any atom is 0.269 e. The number of carbonyl (C=O) groups is 1. The number of nitro benzene ring substituents is 1. The molecular weight excluding hydrogens is 308 g/mol. The highest BCUT2D eigenvalue weighted by molar-refractivity contribution is 5.94. The molecule has 2 aromatic carbocycles. The molecule has 124 valence electrons. The molecule has 0 aliphatic heterocycles. The first-order valence-corrected chi connectivity index (χ1v) is 7.81. The molecule has 24 heavy (non-hydrogen) atoms. The molecule has 1 amide bonds. The summed E-state index contributed by atoms with van der Waals surface area (Å²) in [4.78, 5) is 22.4. The minimum Gasteiger partial charge on any atom is -0.383 e. The van der Waals surface area contributed by atoms with E-state index in [4.69, 9.17) is 0 Å². The Morgan fingerprint density at radius 3 is 2.33 bits per heavy atom. The van der Waals surface area contributed by atoms with Crippen LogP contribution in [0.2, 0.25) is 0 Å². The Kier molecular flexibility index (Phi) is 4.31. The molecular formula is C18H18N2O4. The Morgan fingerprint density at radius 1 is 1.17 bits per heavy atom. The molecule has 1 saturated carbocycles. The van der Waals surface area contributed by atoms with Crippen LogP contribution < -0.4 is 5.32 Å². The molecule has 0 saturated heterocycles. The second-order valence-electron chi connectivity index (χ2n) is 6.05. The summed E-state index contributed by atoms with van der Waals surface area (Å²) in [5, 5.41) is 24.4. The largest absolute Gasteiger partial charge is 0.383 e. The van der Waals surface area contributed by atoms with Gasteiger partial charge in [0.1, 0.15) is 5.60 Å². The van der Waals surface area contributed by atoms with E-state index < -0.39 is 10.5 Å². The maximum absolute atomic E-state index is 12.3. The molecule has 0 aromatic heterocycles. The van der Waals surface area contributed by atoms with Crippen LogP contribution >= 0.6 is 0 Å². The van der Waals surface area contributed by atoms with Gasteiger partial charge in [-0.3, -0.25) is 14.9 Å². The lowest BCUT2D eigenvalue weighted by atomic mass is 9.88. The first-order chi connectivity index (χ1) is 11.5. The fraction of sp³-hybridized carbons (Fsp3) is 0.278. The Labute approximate surface area is 139 Å². The number of benzene rings is 2. The molecule has 1 fully saturated rings. The van der Waals surface area contributed by atoms with Crippen LogP contribution in [0.3, 0.4) is 0 Å². The van der Waals surface area contributed by atoms with E-state index >= 15 is 0 Å². The molecule has 0 bridgehead atoms. The normalized spacial score (nSPS) is 16.2. The summed E-state index contributed by atoms with van der Waals surface area (Å²) in [6.45, 7) is 0.109. The molecule has 2 N–H and O–H groups in total. The molecule has 2 aromatic rings. The molecule has 1 atom stereocenters. The summed E-state index contributed by atoms with van der Waals surface area (Å²) in [5.74, 6) is -0.225. The number of nitrogens with one attached hydrogen (secondary N) is 1. The number of nitrogens with zero attached hydrogens (tertiary/aromatic N) is 1. The van der Waals surface area contributed by atoms with E-state index in [-0.39, 0.29) is 24.1 Å². The summed E-state index contributed by atoms with van der Waals surface area (Å²) < 4.78 is 0. The molecule has 1 unspecified atom stereocenters. The van der Waals surface area contributed by atoms with Crippen molar-refractivity contribution in [1.29, 1.82) is 0 Å². The van der Waals surface area contributed by atoms with Crippen molar-refractivity contribution in [3.63, 3.8) is 0 Å². The SMILES string of the molecule is O=C(NCC(O)(c1ccccc1)C1CC1)c1ccc([N+](=O)[O-])cc1. The average Bonchev–Trinajstić information content (AvgIpc) is 3.46. The van der Waals surface area contributed by atoms with Gasteiger partial charge in [0.2, 0.25) is 0 Å². The van der Waals surface area contributed by atoms with Gasteiger partial charge in [-0.2, -0.15) is 0 Å². The van der Waals surface area contributed by atoms with E-state index in [9.17, 15) is 20.0 Å². The van der Waals surface area contributed by atoms with E-state index in [1.54, 1.807) is 0 Å². The molecule has 0 radical (unpaired) electrons. The number of hydrogen-bond donors (Lipinski definition) is 2. The third-order valence-corrected chi connectivity index (χ3v) is 4.39. The minimum absolute atomic E-state index is 0.0645. The van der Waals surface area contributed by atoms with Gasteiger partial charge in [0.05, 0.1) is 11.5 Å². The number of nitro groups is 1. The summed E-state index contributed by atoms with van der Waals surface area (Å²) in [5.41, 5.74) is -0.0360. The lowest BCUT2D eigenvalue weighted by molar-refractivity contribution is -0.384. The van der Waals surface area contributed by atoms with Gasteiger partial charge in [0, 0.05) is 17.7 Å². The van der Waals surface area contributed by atoms with Gasteiger partial charge in [-0.1, -0.05) is 30.3 Å². The quantitative estimate of drug-likeness (QED) is 0.630. The van der Waals surface area contributed by atoms with Crippen LogP contribution in [0, 0.1) is 16.0 Å². The van der Waals surface area contributed by atoms with Gasteiger partial charge < -0.3 is 10.4 Å². The number of amides is 1. The molecule has 3 rings (SSSR count). The van der Waals surface area contributed by atoms with E-state index in [0.29, 0.717) is 5.56 Å². The lowest BCUT2D eigenvalue weighted by Crippen LogP contribution is -2.42. The van der Waals surface area contributed by atoms with Gasteiger partial charge in [0.15, 0.2) is 0 Å². The van der Waals surface area contributed by atoms with E-state index in [0.717, 1.165) is 18.4 Å². The van der Waals surface area contributed by atoms with Gasteiger partial charge in [-0.25, -0.2) is 0 Å². The average molecular weight is 326 g/mol. The van der Waals surface area contributed by atoms with Crippen LogP contribution in [0.5, 0.6) is 0 Å². The van der Waals surface area contributed by atoms with Gasteiger partial charge >= 0.3 is 0 Å². The van der Waals surface area contributed by atoms with Crippen molar-refractivity contribution in [2.24, 2.45) is 5.92 Å². The molecule has 0 heterocycles. The Balaban J connectivity index is 1.71. The highest BCUT2D eigenvalue weighted by Gasteiger charge is 2.45. The molecule has 1 aliphatic rings. The van der Waals surface area contributed by atoms with Crippen molar-refractivity contribution in [2.75, 3.05) is 6.54 Å². The second-order valence-corrected chi connectivity index (χ2v) is 6.05. The Morgan fingerprint density at radius 2 is 1.79 bits per heavy atom. The van der Waals surface area contributed by atoms with E-state index in [2.05, 4.69) is 5.32 Å². The summed E-state index contributed by atoms with van der Waals surface area (Å²) in [6.07, 6.45) is 1.86. The first-order valence-electron chi connectivity index (χ1n) is 7.81. The standard InChI is InChI=1S/C18H18N2O4/c21-17(13-6-10-16(11-7-13)20(23)24)19-12-18(22,15-8-9-15)14-4-2-1-3-5-14/h1-7,10-11,15,22H,8-9,12H2,(H,19,21). The molecule has 6 nitrogen and oxygen atoms in total. The minimum atomic E-state index is -1.09. The van der Waals surface area contributed by atoms with Crippen molar-refractivity contribution in [2.45, 2.75) is 18.4 Å². The third-order valence-electron chi connectivity index (χ3n) is 4.39. The van der Waals surface area contributed by atoms with Crippen LogP contribution in [0.4, 0.5) is 5.69 Å². The summed E-state index contributed by atoms with van der Waals surface area (Å²) in [6, 6.07) is 14.7. The third kappa shape index (κ3) is 3.28. The van der Waals surface area contributed by atoms with Crippen molar-refractivity contribution in [3.05, 3.63) is 75.8 Å². The van der Waals surface area contributed by atoms with Gasteiger partial charge in [-0.05, 0) is 36.5 Å². The first kappa shape index (κ1) is 16.1. The molecule has 0 spiro atoms. The van der Waals surface area contributed by atoms with E-state index in [1.807, 2.05) is 30.3 Å². The topological polar surface area (TPSA) is 92.5 Å². The van der Waals surface area contributed by atoms with Crippen molar-refractivity contribution < 1.29 is 14.8 Å². The predicted octanol–water partition coefficient (Wildman–Crippen LogP) is 2.62. The van der Waals surface area contributed by atoms with Gasteiger partial charge in [0.25, 0.3) is 11.6 Å². The fourth-order valence-electron chi connectivity index (χ4n) is 2.82. The highest BCUT2D eigenvalue weighted by atomic mass is 16.6. The van der Waals surface area contributed by atoms with Crippen LogP contribution in [-0.2, 0) is 5.60 Å². The number of rotatable bonds is 6. The number of carbonyl (C=O) groups excluding carboxylic acids is 1. The zero-order valence-corrected chi connectivity index (χ0v) is 13.0. The predicted molar refractivity (Wildman–Crippen MR) is 88.5 cm³/mol. The Bertz CT molecular complexity index is 741. The van der Waals surface area contributed by atoms with E-state index in [1.165, 1.54) is 24.3 Å². The fourth-order valence-corrected chi connectivity index (χ4v) is 2.82.